The molecule has 0 heterocycles. The van der Waals surface area contributed by atoms with Gasteiger partial charge >= 0.3 is 0 Å². The van der Waals surface area contributed by atoms with Gasteiger partial charge in [0.15, 0.2) is 0 Å². The molecule has 1 nitrogen and oxygen atoms in total. The highest BCUT2D eigenvalue weighted by molar-refractivity contribution is 5.05. The standard InChI is InChI=1S/C11H20O/c1-3-10(2)7-11(8-12)5-4-9(10)6-11/h9,12H,3-8H2,1-2H3. The Labute approximate surface area is 75.2 Å². The van der Waals surface area contributed by atoms with E-state index in [4.69, 9.17) is 0 Å². The Morgan fingerprint density at radius 2 is 2.25 bits per heavy atom. The van der Waals surface area contributed by atoms with Crippen molar-refractivity contribution in [1.82, 2.24) is 0 Å². The van der Waals surface area contributed by atoms with Crippen LogP contribution < -0.4 is 0 Å². The Balaban J connectivity index is 2.19. The first-order chi connectivity index (χ1) is 5.64. The maximum atomic E-state index is 9.37. The molecule has 2 aliphatic carbocycles. The van der Waals surface area contributed by atoms with Crippen molar-refractivity contribution in [3.05, 3.63) is 0 Å². The van der Waals surface area contributed by atoms with Crippen LogP contribution in [0.2, 0.25) is 0 Å². The van der Waals surface area contributed by atoms with Crippen molar-refractivity contribution >= 4 is 0 Å². The van der Waals surface area contributed by atoms with E-state index in [0.717, 1.165) is 5.92 Å². The van der Waals surface area contributed by atoms with Crippen LogP contribution in [-0.4, -0.2) is 11.7 Å². The summed E-state index contributed by atoms with van der Waals surface area (Å²) in [5.41, 5.74) is 0.899. The summed E-state index contributed by atoms with van der Waals surface area (Å²) in [6, 6.07) is 0. The van der Waals surface area contributed by atoms with Gasteiger partial charge < -0.3 is 5.11 Å². The van der Waals surface area contributed by atoms with Gasteiger partial charge in [-0.3, -0.25) is 0 Å². The molecule has 2 rings (SSSR count). The van der Waals surface area contributed by atoms with Crippen LogP contribution in [-0.2, 0) is 0 Å². The maximum absolute atomic E-state index is 9.37. The molecule has 0 aromatic rings. The summed E-state index contributed by atoms with van der Waals surface area (Å²) in [4.78, 5) is 0. The van der Waals surface area contributed by atoms with Crippen LogP contribution in [0.15, 0.2) is 0 Å². The van der Waals surface area contributed by atoms with Gasteiger partial charge in [0, 0.05) is 6.61 Å². The van der Waals surface area contributed by atoms with Gasteiger partial charge in [-0.2, -0.15) is 0 Å². The third-order valence-electron chi connectivity index (χ3n) is 4.61. The first kappa shape index (κ1) is 8.55. The summed E-state index contributed by atoms with van der Waals surface area (Å²) in [7, 11) is 0. The van der Waals surface area contributed by atoms with Crippen LogP contribution in [0.4, 0.5) is 0 Å². The second-order valence-electron chi connectivity index (χ2n) is 5.28. The molecular weight excluding hydrogens is 148 g/mol. The quantitative estimate of drug-likeness (QED) is 0.672. The zero-order chi connectivity index (χ0) is 8.82. The summed E-state index contributed by atoms with van der Waals surface area (Å²) in [5, 5.41) is 9.37. The Kier molecular flexibility index (Phi) is 1.76. The molecule has 0 aliphatic heterocycles. The molecule has 0 saturated heterocycles. The van der Waals surface area contributed by atoms with Crippen LogP contribution in [0.25, 0.3) is 0 Å². The van der Waals surface area contributed by atoms with E-state index in [1.807, 2.05) is 0 Å². The van der Waals surface area contributed by atoms with Crippen LogP contribution in [0.3, 0.4) is 0 Å². The third-order valence-corrected chi connectivity index (χ3v) is 4.61. The Morgan fingerprint density at radius 3 is 2.67 bits per heavy atom. The van der Waals surface area contributed by atoms with E-state index in [2.05, 4.69) is 13.8 Å². The van der Waals surface area contributed by atoms with Crippen molar-refractivity contribution in [3.8, 4) is 0 Å². The van der Waals surface area contributed by atoms with E-state index in [0.29, 0.717) is 17.4 Å². The molecule has 2 bridgehead atoms. The molecule has 0 aromatic carbocycles. The second-order valence-corrected chi connectivity index (χ2v) is 5.28. The highest BCUT2D eigenvalue weighted by Crippen LogP contribution is 2.63. The van der Waals surface area contributed by atoms with E-state index in [-0.39, 0.29) is 0 Å². The molecule has 3 unspecified atom stereocenters. The van der Waals surface area contributed by atoms with Crippen molar-refractivity contribution in [2.24, 2.45) is 16.7 Å². The van der Waals surface area contributed by atoms with Crippen molar-refractivity contribution in [3.63, 3.8) is 0 Å². The summed E-state index contributed by atoms with van der Waals surface area (Å²) in [6.07, 6.45) is 6.51. The predicted molar refractivity (Wildman–Crippen MR) is 49.9 cm³/mol. The number of fused-ring (bicyclic) bond motifs is 2. The van der Waals surface area contributed by atoms with Gasteiger partial charge in [0.05, 0.1) is 0 Å². The van der Waals surface area contributed by atoms with E-state index in [1.54, 1.807) is 0 Å². The topological polar surface area (TPSA) is 20.2 Å². The van der Waals surface area contributed by atoms with Gasteiger partial charge in [-0.15, -0.1) is 0 Å². The first-order valence-corrected chi connectivity index (χ1v) is 5.25. The maximum Gasteiger partial charge on any atom is 0.0487 e. The van der Waals surface area contributed by atoms with Gasteiger partial charge in [-0.05, 0) is 42.4 Å². The molecule has 2 aliphatic rings. The van der Waals surface area contributed by atoms with Crippen molar-refractivity contribution < 1.29 is 5.11 Å². The van der Waals surface area contributed by atoms with Crippen molar-refractivity contribution in [1.29, 1.82) is 0 Å². The average molecular weight is 168 g/mol. The Morgan fingerprint density at radius 1 is 1.50 bits per heavy atom. The molecule has 0 amide bonds. The molecule has 2 saturated carbocycles. The molecule has 1 heteroatoms. The minimum atomic E-state index is 0.343. The third kappa shape index (κ3) is 0.953. The van der Waals surface area contributed by atoms with Gasteiger partial charge in [-0.25, -0.2) is 0 Å². The van der Waals surface area contributed by atoms with E-state index in [1.165, 1.54) is 32.1 Å². The van der Waals surface area contributed by atoms with E-state index >= 15 is 0 Å². The first-order valence-electron chi connectivity index (χ1n) is 5.25. The minimum Gasteiger partial charge on any atom is -0.396 e. The van der Waals surface area contributed by atoms with E-state index < -0.39 is 0 Å². The number of aliphatic hydroxyl groups is 1. The molecule has 0 radical (unpaired) electrons. The number of hydrogen-bond acceptors (Lipinski definition) is 1. The highest BCUT2D eigenvalue weighted by atomic mass is 16.3. The molecule has 2 fully saturated rings. The zero-order valence-corrected chi connectivity index (χ0v) is 8.27. The number of aliphatic hydroxyl groups excluding tert-OH is 1. The normalized spacial score (nSPS) is 51.8. The lowest BCUT2D eigenvalue weighted by Gasteiger charge is -2.36. The summed E-state index contributed by atoms with van der Waals surface area (Å²) >= 11 is 0. The second kappa shape index (κ2) is 2.47. The predicted octanol–water partition coefficient (Wildman–Crippen LogP) is 2.59. The Hall–Kier alpha value is -0.0400. The zero-order valence-electron chi connectivity index (χ0n) is 8.27. The fourth-order valence-electron chi connectivity index (χ4n) is 3.58. The van der Waals surface area contributed by atoms with Crippen LogP contribution in [0.5, 0.6) is 0 Å². The molecule has 12 heavy (non-hydrogen) atoms. The van der Waals surface area contributed by atoms with Crippen LogP contribution in [0, 0.1) is 16.7 Å². The minimum absolute atomic E-state index is 0.343. The summed E-state index contributed by atoms with van der Waals surface area (Å²) in [5.74, 6) is 0.912. The van der Waals surface area contributed by atoms with Gasteiger partial charge in [0.25, 0.3) is 0 Å². The Bertz CT molecular complexity index is 185. The summed E-state index contributed by atoms with van der Waals surface area (Å²) < 4.78 is 0. The highest BCUT2D eigenvalue weighted by Gasteiger charge is 2.54. The van der Waals surface area contributed by atoms with E-state index in [9.17, 15) is 5.11 Å². The monoisotopic (exact) mass is 168 g/mol. The molecule has 0 aromatic heterocycles. The molecule has 1 N–H and O–H groups in total. The fraction of sp³-hybridized carbons (Fsp3) is 1.00. The van der Waals surface area contributed by atoms with Crippen molar-refractivity contribution in [2.75, 3.05) is 6.61 Å². The lowest BCUT2D eigenvalue weighted by atomic mass is 9.70. The van der Waals surface area contributed by atoms with Gasteiger partial charge in [0.1, 0.15) is 0 Å². The van der Waals surface area contributed by atoms with Gasteiger partial charge in [0.2, 0.25) is 0 Å². The number of hydrogen-bond donors (Lipinski definition) is 1. The smallest absolute Gasteiger partial charge is 0.0487 e. The van der Waals surface area contributed by atoms with Gasteiger partial charge in [-0.1, -0.05) is 20.3 Å². The SMILES string of the molecule is CCC1(C)CC2(CO)CCC1C2. The average Bonchev–Trinajstić information content (AvgIpc) is 2.61. The summed E-state index contributed by atoms with van der Waals surface area (Å²) in [6.45, 7) is 5.14. The largest absolute Gasteiger partial charge is 0.396 e. The molecular formula is C11H20O. The molecule has 3 atom stereocenters. The van der Waals surface area contributed by atoms with Crippen molar-refractivity contribution in [2.45, 2.75) is 46.0 Å². The van der Waals surface area contributed by atoms with Crippen LogP contribution >= 0.6 is 0 Å². The lowest BCUT2D eigenvalue weighted by molar-refractivity contribution is 0.0878. The number of rotatable bonds is 2. The molecule has 70 valence electrons. The van der Waals surface area contributed by atoms with Crippen LogP contribution in [0.1, 0.15) is 46.0 Å². The fourth-order valence-corrected chi connectivity index (χ4v) is 3.58. The molecule has 0 spiro atoms. The lowest BCUT2D eigenvalue weighted by Crippen LogP contribution is -2.28.